The number of hydrogen-bond donors (Lipinski definition) is 3. The highest BCUT2D eigenvalue weighted by Crippen LogP contribution is 2.09. The summed E-state index contributed by atoms with van der Waals surface area (Å²) in [7, 11) is 0. The van der Waals surface area contributed by atoms with E-state index in [1.54, 1.807) is 0 Å². The van der Waals surface area contributed by atoms with Crippen molar-refractivity contribution < 1.29 is 9.90 Å². The molecule has 2 aromatic rings. The van der Waals surface area contributed by atoms with E-state index in [1.165, 1.54) is 0 Å². The predicted molar refractivity (Wildman–Crippen MR) is 55.8 cm³/mol. The SMILES string of the molecule is O=C(O)NCCc1nc2ccccc2[nH]1. The molecular weight excluding hydrogens is 194 g/mol. The summed E-state index contributed by atoms with van der Waals surface area (Å²) in [5.41, 5.74) is 1.88. The van der Waals surface area contributed by atoms with Crippen LogP contribution in [-0.4, -0.2) is 27.7 Å². The lowest BCUT2D eigenvalue weighted by Crippen LogP contribution is -2.23. The zero-order valence-corrected chi connectivity index (χ0v) is 8.03. The second kappa shape index (κ2) is 4.00. The summed E-state index contributed by atoms with van der Waals surface area (Å²) < 4.78 is 0. The largest absolute Gasteiger partial charge is 0.465 e. The van der Waals surface area contributed by atoms with Crippen molar-refractivity contribution >= 4 is 17.1 Å². The van der Waals surface area contributed by atoms with Gasteiger partial charge in [-0.25, -0.2) is 9.78 Å². The fourth-order valence-electron chi connectivity index (χ4n) is 1.41. The van der Waals surface area contributed by atoms with E-state index < -0.39 is 6.09 Å². The lowest BCUT2D eigenvalue weighted by molar-refractivity contribution is 0.194. The van der Waals surface area contributed by atoms with Gasteiger partial charge in [0.15, 0.2) is 0 Å². The van der Waals surface area contributed by atoms with Crippen molar-refractivity contribution in [3.8, 4) is 0 Å². The molecule has 0 aliphatic carbocycles. The Balaban J connectivity index is 2.05. The summed E-state index contributed by atoms with van der Waals surface area (Å²) in [6.07, 6.45) is -0.438. The van der Waals surface area contributed by atoms with E-state index in [1.807, 2.05) is 24.3 Å². The van der Waals surface area contributed by atoms with Crippen LogP contribution in [0.15, 0.2) is 24.3 Å². The Labute approximate surface area is 86.1 Å². The molecule has 1 amide bonds. The number of amides is 1. The molecule has 2 rings (SSSR count). The molecule has 78 valence electrons. The van der Waals surface area contributed by atoms with Gasteiger partial charge < -0.3 is 15.4 Å². The van der Waals surface area contributed by atoms with Gasteiger partial charge in [0.25, 0.3) is 0 Å². The van der Waals surface area contributed by atoms with Crippen LogP contribution in [0.2, 0.25) is 0 Å². The van der Waals surface area contributed by atoms with Crippen LogP contribution in [0.4, 0.5) is 4.79 Å². The molecule has 0 fully saturated rings. The van der Waals surface area contributed by atoms with Gasteiger partial charge in [-0.1, -0.05) is 12.1 Å². The summed E-state index contributed by atoms with van der Waals surface area (Å²) in [5, 5.41) is 10.7. The number of carboxylic acid groups (broad SMARTS) is 1. The van der Waals surface area contributed by atoms with Crippen molar-refractivity contribution in [2.45, 2.75) is 6.42 Å². The smallest absolute Gasteiger partial charge is 0.404 e. The van der Waals surface area contributed by atoms with Crippen molar-refractivity contribution in [2.24, 2.45) is 0 Å². The van der Waals surface area contributed by atoms with Crippen LogP contribution in [0.1, 0.15) is 5.82 Å². The number of aromatic amines is 1. The summed E-state index contributed by atoms with van der Waals surface area (Å²) in [5.74, 6) is 0.796. The molecule has 1 heterocycles. The molecule has 0 radical (unpaired) electrons. The number of nitrogens with one attached hydrogen (secondary N) is 2. The normalized spacial score (nSPS) is 10.4. The molecule has 5 heteroatoms. The molecule has 0 aliphatic heterocycles. The number of benzene rings is 1. The maximum atomic E-state index is 10.2. The van der Waals surface area contributed by atoms with Crippen LogP contribution >= 0.6 is 0 Å². The molecule has 0 unspecified atom stereocenters. The lowest BCUT2D eigenvalue weighted by Gasteiger charge is -1.96. The van der Waals surface area contributed by atoms with E-state index in [-0.39, 0.29) is 0 Å². The number of hydrogen-bond acceptors (Lipinski definition) is 2. The van der Waals surface area contributed by atoms with Gasteiger partial charge in [-0.05, 0) is 12.1 Å². The van der Waals surface area contributed by atoms with Gasteiger partial charge >= 0.3 is 6.09 Å². The third-order valence-electron chi connectivity index (χ3n) is 2.08. The Morgan fingerprint density at radius 2 is 2.27 bits per heavy atom. The Hall–Kier alpha value is -2.04. The van der Waals surface area contributed by atoms with Gasteiger partial charge in [-0.15, -0.1) is 0 Å². The van der Waals surface area contributed by atoms with Crippen molar-refractivity contribution in [3.05, 3.63) is 30.1 Å². The first-order valence-corrected chi connectivity index (χ1v) is 4.66. The highest BCUT2D eigenvalue weighted by atomic mass is 16.4. The Morgan fingerprint density at radius 1 is 1.47 bits per heavy atom. The van der Waals surface area contributed by atoms with Crippen LogP contribution in [0.5, 0.6) is 0 Å². The van der Waals surface area contributed by atoms with Gasteiger partial charge in [-0.2, -0.15) is 0 Å². The van der Waals surface area contributed by atoms with E-state index >= 15 is 0 Å². The fraction of sp³-hybridized carbons (Fsp3) is 0.200. The molecular formula is C10H11N3O2. The number of fused-ring (bicyclic) bond motifs is 1. The second-order valence-electron chi connectivity index (χ2n) is 3.18. The number of carbonyl (C=O) groups is 1. The minimum atomic E-state index is -1.01. The summed E-state index contributed by atoms with van der Waals surface area (Å²) >= 11 is 0. The molecule has 1 aromatic heterocycles. The molecule has 1 aromatic carbocycles. The number of rotatable bonds is 3. The molecule has 15 heavy (non-hydrogen) atoms. The monoisotopic (exact) mass is 205 g/mol. The maximum absolute atomic E-state index is 10.2. The molecule has 0 bridgehead atoms. The Morgan fingerprint density at radius 3 is 3.00 bits per heavy atom. The molecule has 0 saturated carbocycles. The third-order valence-corrected chi connectivity index (χ3v) is 2.08. The molecule has 0 spiro atoms. The van der Waals surface area contributed by atoms with Gasteiger partial charge in [0.1, 0.15) is 5.82 Å². The zero-order chi connectivity index (χ0) is 10.7. The molecule has 0 atom stereocenters. The van der Waals surface area contributed by atoms with Crippen molar-refractivity contribution in [1.29, 1.82) is 0 Å². The zero-order valence-electron chi connectivity index (χ0n) is 8.03. The highest BCUT2D eigenvalue weighted by molar-refractivity contribution is 5.74. The van der Waals surface area contributed by atoms with E-state index in [0.717, 1.165) is 16.9 Å². The van der Waals surface area contributed by atoms with Crippen LogP contribution in [0.3, 0.4) is 0 Å². The maximum Gasteiger partial charge on any atom is 0.404 e. The van der Waals surface area contributed by atoms with Gasteiger partial charge in [0, 0.05) is 13.0 Å². The first-order valence-electron chi connectivity index (χ1n) is 4.66. The Kier molecular flexibility index (Phi) is 2.53. The van der Waals surface area contributed by atoms with Crippen molar-refractivity contribution in [2.75, 3.05) is 6.54 Å². The molecule has 3 N–H and O–H groups in total. The number of H-pyrrole nitrogens is 1. The minimum absolute atomic E-state index is 0.370. The predicted octanol–water partition coefficient (Wildman–Crippen LogP) is 1.37. The lowest BCUT2D eigenvalue weighted by atomic mass is 10.3. The first kappa shape index (κ1) is 9.51. The van der Waals surface area contributed by atoms with E-state index in [4.69, 9.17) is 5.11 Å². The topological polar surface area (TPSA) is 78.0 Å². The quantitative estimate of drug-likeness (QED) is 0.708. The molecule has 5 nitrogen and oxygen atoms in total. The first-order chi connectivity index (χ1) is 7.25. The minimum Gasteiger partial charge on any atom is -0.465 e. The van der Waals surface area contributed by atoms with Crippen LogP contribution in [0.25, 0.3) is 11.0 Å². The third kappa shape index (κ3) is 2.25. The number of para-hydroxylation sites is 2. The standard InChI is InChI=1S/C10H11N3O2/c14-10(15)11-6-5-9-12-7-3-1-2-4-8(7)13-9/h1-4,11H,5-6H2,(H,12,13)(H,14,15). The summed E-state index contributed by atoms with van der Waals surface area (Å²) in [4.78, 5) is 17.7. The van der Waals surface area contributed by atoms with Crippen LogP contribution in [0, 0.1) is 0 Å². The number of nitrogens with zero attached hydrogens (tertiary/aromatic N) is 1. The van der Waals surface area contributed by atoms with Gasteiger partial charge in [0.05, 0.1) is 11.0 Å². The number of imidazole rings is 1. The van der Waals surface area contributed by atoms with Crippen molar-refractivity contribution in [1.82, 2.24) is 15.3 Å². The Bertz CT molecular complexity index is 445. The fourth-order valence-corrected chi connectivity index (χ4v) is 1.41. The highest BCUT2D eigenvalue weighted by Gasteiger charge is 2.01. The molecule has 0 aliphatic rings. The van der Waals surface area contributed by atoms with E-state index in [9.17, 15) is 4.79 Å². The average molecular weight is 205 g/mol. The summed E-state index contributed by atoms with van der Waals surface area (Å²) in [6.45, 7) is 0.370. The number of aromatic nitrogens is 2. The van der Waals surface area contributed by atoms with E-state index in [0.29, 0.717) is 13.0 Å². The molecule has 0 saturated heterocycles. The van der Waals surface area contributed by atoms with Gasteiger partial charge in [0.2, 0.25) is 0 Å². The van der Waals surface area contributed by atoms with Gasteiger partial charge in [-0.3, -0.25) is 0 Å². The van der Waals surface area contributed by atoms with Crippen LogP contribution in [-0.2, 0) is 6.42 Å². The summed E-state index contributed by atoms with van der Waals surface area (Å²) in [6, 6.07) is 7.71. The van der Waals surface area contributed by atoms with E-state index in [2.05, 4.69) is 15.3 Å². The second-order valence-corrected chi connectivity index (χ2v) is 3.18. The van der Waals surface area contributed by atoms with Crippen LogP contribution < -0.4 is 5.32 Å². The van der Waals surface area contributed by atoms with Crippen molar-refractivity contribution in [3.63, 3.8) is 0 Å². The average Bonchev–Trinajstić information content (AvgIpc) is 2.59.